The molecule has 0 radical (unpaired) electrons. The third kappa shape index (κ3) is 4.89. The summed E-state index contributed by atoms with van der Waals surface area (Å²) in [7, 11) is -3.60. The van der Waals surface area contributed by atoms with Crippen LogP contribution in [0.2, 0.25) is 0 Å². The topological polar surface area (TPSA) is 119 Å². The number of nitrogens with one attached hydrogen (secondary N) is 2. The molecule has 4 amide bonds. The van der Waals surface area contributed by atoms with Crippen molar-refractivity contribution in [2.75, 3.05) is 32.7 Å². The van der Waals surface area contributed by atoms with E-state index in [1.165, 1.54) is 4.31 Å². The molecule has 0 aliphatic carbocycles. The Hall–Kier alpha value is -2.50. The number of carbonyl (C=O) groups is 3. The molecule has 0 saturated carbocycles. The number of hydrogen-bond acceptors (Lipinski definition) is 6. The van der Waals surface area contributed by atoms with Gasteiger partial charge in [0.05, 0.1) is 11.4 Å². The van der Waals surface area contributed by atoms with E-state index in [4.69, 9.17) is 0 Å². The van der Waals surface area contributed by atoms with Crippen molar-refractivity contribution < 1.29 is 22.8 Å². The van der Waals surface area contributed by atoms with Gasteiger partial charge in [-0.15, -0.1) is 0 Å². The minimum Gasteiger partial charge on any atom is -0.322 e. The Morgan fingerprint density at radius 2 is 1.81 bits per heavy atom. The Morgan fingerprint density at radius 1 is 1.13 bits per heavy atom. The first-order valence-electron chi connectivity index (χ1n) is 10.3. The van der Waals surface area contributed by atoms with E-state index in [-0.39, 0.29) is 18.0 Å². The molecule has 2 aliphatic heterocycles. The molecule has 170 valence electrons. The number of urea groups is 1. The summed E-state index contributed by atoms with van der Waals surface area (Å²) in [5.41, 5.74) is 2.32. The third-order valence-corrected chi connectivity index (χ3v) is 7.69. The highest BCUT2D eigenvalue weighted by Crippen LogP contribution is 2.20. The lowest BCUT2D eigenvalue weighted by Gasteiger charge is -2.23. The van der Waals surface area contributed by atoms with Crippen LogP contribution in [-0.2, 0) is 19.6 Å². The van der Waals surface area contributed by atoms with Gasteiger partial charge in [-0.3, -0.25) is 19.9 Å². The van der Waals surface area contributed by atoms with Crippen LogP contribution >= 0.6 is 0 Å². The lowest BCUT2D eigenvalue weighted by molar-refractivity contribution is -0.139. The minimum atomic E-state index is -3.60. The van der Waals surface area contributed by atoms with Crippen molar-refractivity contribution in [2.45, 2.75) is 44.0 Å². The van der Waals surface area contributed by atoms with Gasteiger partial charge in [0.1, 0.15) is 5.54 Å². The van der Waals surface area contributed by atoms with Crippen molar-refractivity contribution in [1.82, 2.24) is 25.0 Å². The maximum Gasteiger partial charge on any atom is 0.344 e. The van der Waals surface area contributed by atoms with Crippen LogP contribution in [0.5, 0.6) is 0 Å². The van der Waals surface area contributed by atoms with E-state index < -0.39 is 33.4 Å². The summed E-state index contributed by atoms with van der Waals surface area (Å²) in [6, 6.07) is 6.07. The summed E-state index contributed by atoms with van der Waals surface area (Å²) < 4.78 is 27.3. The average Bonchev–Trinajstić information content (AvgIpc) is 2.88. The summed E-state index contributed by atoms with van der Waals surface area (Å²) in [6.45, 7) is 6.74. The molecule has 3 rings (SSSR count). The van der Waals surface area contributed by atoms with Gasteiger partial charge in [-0.1, -0.05) is 24.6 Å². The van der Waals surface area contributed by atoms with Crippen LogP contribution in [0, 0.1) is 6.92 Å². The van der Waals surface area contributed by atoms with Gasteiger partial charge in [-0.05, 0) is 45.4 Å². The summed E-state index contributed by atoms with van der Waals surface area (Å²) in [6.07, 6.45) is 0.969. The van der Waals surface area contributed by atoms with Crippen LogP contribution in [0.3, 0.4) is 0 Å². The highest BCUT2D eigenvalue weighted by molar-refractivity contribution is 7.89. The fourth-order valence-electron chi connectivity index (χ4n) is 3.59. The summed E-state index contributed by atoms with van der Waals surface area (Å²) >= 11 is 0. The lowest BCUT2D eigenvalue weighted by Crippen LogP contribution is -2.51. The van der Waals surface area contributed by atoms with E-state index in [1.807, 2.05) is 11.8 Å². The second kappa shape index (κ2) is 8.93. The first-order valence-corrected chi connectivity index (χ1v) is 11.8. The van der Waals surface area contributed by atoms with Crippen molar-refractivity contribution in [3.63, 3.8) is 0 Å². The molecule has 1 aromatic carbocycles. The Kier molecular flexibility index (Phi) is 6.68. The number of aryl methyl sites for hydroxylation is 1. The number of amides is 4. The van der Waals surface area contributed by atoms with Crippen molar-refractivity contribution in [1.29, 1.82) is 0 Å². The van der Waals surface area contributed by atoms with Crippen LogP contribution in [-0.4, -0.2) is 78.7 Å². The zero-order chi connectivity index (χ0) is 22.8. The van der Waals surface area contributed by atoms with Gasteiger partial charge in [0.25, 0.3) is 11.8 Å². The minimum absolute atomic E-state index is 0.0433. The number of sulfonamides is 1. The molecule has 31 heavy (non-hydrogen) atoms. The van der Waals surface area contributed by atoms with Crippen molar-refractivity contribution in [3.8, 4) is 0 Å². The number of hydrogen-bond donors (Lipinski definition) is 2. The van der Waals surface area contributed by atoms with Gasteiger partial charge >= 0.3 is 6.03 Å². The molecule has 2 saturated heterocycles. The fraction of sp³-hybridized carbons (Fsp3) is 0.550. The molecule has 2 N–H and O–H groups in total. The van der Waals surface area contributed by atoms with Gasteiger partial charge in [0.15, 0.2) is 0 Å². The molecule has 2 aliphatic rings. The first kappa shape index (κ1) is 23.2. The van der Waals surface area contributed by atoms with E-state index in [0.29, 0.717) is 32.5 Å². The molecular formula is C20H29N5O5S. The van der Waals surface area contributed by atoms with E-state index in [0.717, 1.165) is 10.6 Å². The molecular weight excluding hydrogens is 422 g/mol. The van der Waals surface area contributed by atoms with Gasteiger partial charge in [-0.25, -0.2) is 13.2 Å². The average molecular weight is 452 g/mol. The number of nitrogens with zero attached hydrogens (tertiary/aromatic N) is 3. The van der Waals surface area contributed by atoms with Gasteiger partial charge < -0.3 is 5.32 Å². The molecule has 10 nitrogen and oxygen atoms in total. The van der Waals surface area contributed by atoms with Gasteiger partial charge in [0.2, 0.25) is 10.0 Å². The molecule has 0 aromatic heterocycles. The normalized spacial score (nSPS) is 23.5. The summed E-state index contributed by atoms with van der Waals surface area (Å²) in [4.78, 5) is 39.0. The zero-order valence-corrected chi connectivity index (χ0v) is 18.9. The van der Waals surface area contributed by atoms with Crippen molar-refractivity contribution in [3.05, 3.63) is 29.8 Å². The van der Waals surface area contributed by atoms with Gasteiger partial charge in [0, 0.05) is 19.6 Å². The molecule has 11 heteroatoms. The number of hydrazine groups is 1. The summed E-state index contributed by atoms with van der Waals surface area (Å²) in [5, 5.41) is 3.30. The molecule has 0 unspecified atom stereocenters. The van der Waals surface area contributed by atoms with Crippen LogP contribution in [0.1, 0.15) is 32.3 Å². The molecule has 0 bridgehead atoms. The fourth-order valence-corrected chi connectivity index (χ4v) is 5.06. The van der Waals surface area contributed by atoms with Crippen LogP contribution < -0.4 is 10.7 Å². The maximum atomic E-state index is 12.9. The van der Waals surface area contributed by atoms with E-state index in [9.17, 15) is 22.8 Å². The SMILES string of the molecule is CC[C@@]1(C)NC(=O)N(NC(=O)CN2CCCN(S(=O)(=O)c3ccc(C)cc3)CC2)C1=O. The van der Waals surface area contributed by atoms with Crippen LogP contribution in [0.25, 0.3) is 0 Å². The smallest absolute Gasteiger partial charge is 0.322 e. The standard InChI is InChI=1S/C20H29N5O5S/c1-4-20(3)18(27)25(19(28)21-20)22-17(26)14-23-10-5-11-24(13-12-23)31(29,30)16-8-6-15(2)7-9-16/h6-9H,4-5,10-14H2,1-3H3,(H,21,28)(H,22,26)/t20-/m1/s1. The second-order valence-electron chi connectivity index (χ2n) is 8.14. The number of imide groups is 1. The maximum absolute atomic E-state index is 12.9. The highest BCUT2D eigenvalue weighted by Gasteiger charge is 2.47. The van der Waals surface area contributed by atoms with E-state index in [2.05, 4.69) is 10.7 Å². The number of rotatable bonds is 6. The van der Waals surface area contributed by atoms with E-state index in [1.54, 1.807) is 38.1 Å². The monoisotopic (exact) mass is 451 g/mol. The van der Waals surface area contributed by atoms with Crippen LogP contribution in [0.4, 0.5) is 4.79 Å². The Morgan fingerprint density at radius 3 is 2.42 bits per heavy atom. The molecule has 2 fully saturated rings. The highest BCUT2D eigenvalue weighted by atomic mass is 32.2. The largest absolute Gasteiger partial charge is 0.344 e. The molecule has 1 aromatic rings. The van der Waals surface area contributed by atoms with Crippen LogP contribution in [0.15, 0.2) is 29.2 Å². The molecule has 0 spiro atoms. The Bertz CT molecular complexity index is 965. The summed E-state index contributed by atoms with van der Waals surface area (Å²) in [5.74, 6) is -1.00. The predicted molar refractivity (Wildman–Crippen MR) is 113 cm³/mol. The predicted octanol–water partition coefficient (Wildman–Crippen LogP) is 0.443. The zero-order valence-electron chi connectivity index (χ0n) is 18.1. The lowest BCUT2D eigenvalue weighted by atomic mass is 10.00. The first-order chi connectivity index (χ1) is 14.6. The Labute approximate surface area is 182 Å². The van der Waals surface area contributed by atoms with Gasteiger partial charge in [-0.2, -0.15) is 9.31 Å². The van der Waals surface area contributed by atoms with Crippen molar-refractivity contribution >= 4 is 27.9 Å². The molecule has 1 atom stereocenters. The molecule has 2 heterocycles. The quantitative estimate of drug-likeness (QED) is 0.606. The third-order valence-electron chi connectivity index (χ3n) is 5.78. The number of carbonyl (C=O) groups excluding carboxylic acids is 3. The number of benzene rings is 1. The Balaban J connectivity index is 1.58. The second-order valence-corrected chi connectivity index (χ2v) is 10.1. The van der Waals surface area contributed by atoms with E-state index >= 15 is 0 Å². The van der Waals surface area contributed by atoms with Crippen molar-refractivity contribution in [2.24, 2.45) is 0 Å².